The van der Waals surface area contributed by atoms with E-state index >= 15 is 0 Å². The lowest BCUT2D eigenvalue weighted by molar-refractivity contribution is -0.140. The third kappa shape index (κ3) is 3.30. The molecule has 2 amide bonds. The van der Waals surface area contributed by atoms with Gasteiger partial charge in [-0.05, 0) is 25.3 Å². The molecule has 0 aromatic heterocycles. The number of carbonyl (C=O) groups is 2. The van der Waals surface area contributed by atoms with Crippen molar-refractivity contribution >= 4 is 11.8 Å². The SMILES string of the molecule is C=C1C(=O)N(CCCCCCO)C(=O)C(C#N)=C1C. The van der Waals surface area contributed by atoms with Crippen LogP contribution < -0.4 is 0 Å². The molecule has 1 heterocycles. The van der Waals surface area contributed by atoms with Crippen molar-refractivity contribution in [1.82, 2.24) is 4.90 Å². The Morgan fingerprint density at radius 3 is 2.42 bits per heavy atom. The summed E-state index contributed by atoms with van der Waals surface area (Å²) in [5.41, 5.74) is 0.584. The van der Waals surface area contributed by atoms with Crippen LogP contribution in [0.5, 0.6) is 0 Å². The highest BCUT2D eigenvalue weighted by Gasteiger charge is 2.33. The minimum absolute atomic E-state index is 0.0000387. The zero-order chi connectivity index (χ0) is 14.4. The topological polar surface area (TPSA) is 81.4 Å². The van der Waals surface area contributed by atoms with E-state index in [0.29, 0.717) is 18.5 Å². The van der Waals surface area contributed by atoms with E-state index < -0.39 is 11.8 Å². The third-order valence-corrected chi connectivity index (χ3v) is 3.19. The summed E-state index contributed by atoms with van der Waals surface area (Å²) in [5.74, 6) is -0.941. The molecule has 5 heteroatoms. The van der Waals surface area contributed by atoms with E-state index in [4.69, 9.17) is 10.4 Å². The summed E-state index contributed by atoms with van der Waals surface area (Å²) in [6.45, 7) is 5.64. The molecule has 0 spiro atoms. The zero-order valence-corrected chi connectivity index (χ0v) is 11.1. The summed E-state index contributed by atoms with van der Waals surface area (Å²) in [4.78, 5) is 25.0. The summed E-state index contributed by atoms with van der Waals surface area (Å²) in [6, 6.07) is 1.84. The summed E-state index contributed by atoms with van der Waals surface area (Å²) in [5, 5.41) is 17.6. The van der Waals surface area contributed by atoms with E-state index in [9.17, 15) is 9.59 Å². The number of aliphatic hydroxyl groups is 1. The monoisotopic (exact) mass is 262 g/mol. The normalized spacial score (nSPS) is 16.1. The Hall–Kier alpha value is -1.93. The summed E-state index contributed by atoms with van der Waals surface area (Å²) in [7, 11) is 0. The highest BCUT2D eigenvalue weighted by Crippen LogP contribution is 2.23. The number of aliphatic hydroxyl groups excluding tert-OH is 1. The first-order valence-corrected chi connectivity index (χ1v) is 6.32. The quantitative estimate of drug-likeness (QED) is 0.444. The first-order valence-electron chi connectivity index (χ1n) is 6.32. The fourth-order valence-corrected chi connectivity index (χ4v) is 1.93. The molecule has 0 saturated carbocycles. The maximum absolute atomic E-state index is 12.0. The largest absolute Gasteiger partial charge is 0.396 e. The number of imide groups is 1. The molecule has 1 aliphatic heterocycles. The lowest BCUT2D eigenvalue weighted by Gasteiger charge is -2.26. The van der Waals surface area contributed by atoms with Gasteiger partial charge in [0.2, 0.25) is 0 Å². The van der Waals surface area contributed by atoms with Gasteiger partial charge in [-0.2, -0.15) is 5.26 Å². The van der Waals surface area contributed by atoms with Gasteiger partial charge in [-0.1, -0.05) is 19.4 Å². The van der Waals surface area contributed by atoms with Gasteiger partial charge in [0.1, 0.15) is 11.6 Å². The Bertz CT molecular complexity index is 472. The van der Waals surface area contributed by atoms with Crippen molar-refractivity contribution in [2.45, 2.75) is 32.6 Å². The van der Waals surface area contributed by atoms with Gasteiger partial charge in [-0.3, -0.25) is 14.5 Å². The van der Waals surface area contributed by atoms with Crippen molar-refractivity contribution < 1.29 is 14.7 Å². The Labute approximate surface area is 112 Å². The maximum atomic E-state index is 12.0. The first-order chi connectivity index (χ1) is 9.04. The molecule has 19 heavy (non-hydrogen) atoms. The molecule has 1 aliphatic rings. The van der Waals surface area contributed by atoms with E-state index in [0.717, 1.165) is 24.2 Å². The molecule has 0 aliphatic carbocycles. The van der Waals surface area contributed by atoms with Crippen LogP contribution in [0.2, 0.25) is 0 Å². The number of carbonyl (C=O) groups excluding carboxylic acids is 2. The molecule has 5 nitrogen and oxygen atoms in total. The summed E-state index contributed by atoms with van der Waals surface area (Å²) in [6.07, 6.45) is 3.07. The minimum atomic E-state index is -0.528. The van der Waals surface area contributed by atoms with Crippen molar-refractivity contribution in [2.24, 2.45) is 0 Å². The van der Waals surface area contributed by atoms with Gasteiger partial charge in [0.15, 0.2) is 0 Å². The van der Waals surface area contributed by atoms with Crippen molar-refractivity contribution in [3.63, 3.8) is 0 Å². The number of amides is 2. The standard InChI is InChI=1S/C14H18N2O3/c1-10-11(2)13(18)16(14(19)12(10)9-15)7-5-3-4-6-8-17/h17H,2-8H2,1H3. The number of nitriles is 1. The van der Waals surface area contributed by atoms with Gasteiger partial charge >= 0.3 is 0 Å². The lowest BCUT2D eigenvalue weighted by Crippen LogP contribution is -2.42. The minimum Gasteiger partial charge on any atom is -0.396 e. The second-order valence-corrected chi connectivity index (χ2v) is 4.49. The number of rotatable bonds is 6. The highest BCUT2D eigenvalue weighted by atomic mass is 16.3. The van der Waals surface area contributed by atoms with Crippen LogP contribution in [0.15, 0.2) is 23.3 Å². The second kappa shape index (κ2) is 6.86. The molecule has 1 N–H and O–H groups in total. The molecular formula is C14H18N2O3. The maximum Gasteiger partial charge on any atom is 0.271 e. The van der Waals surface area contributed by atoms with E-state index in [1.165, 1.54) is 0 Å². The van der Waals surface area contributed by atoms with Crippen molar-refractivity contribution in [3.8, 4) is 6.07 Å². The number of nitrogens with zero attached hydrogens (tertiary/aromatic N) is 2. The van der Waals surface area contributed by atoms with Gasteiger partial charge in [-0.25, -0.2) is 0 Å². The summed E-state index contributed by atoms with van der Waals surface area (Å²) < 4.78 is 0. The number of hydrogen-bond donors (Lipinski definition) is 1. The van der Waals surface area contributed by atoms with Crippen LogP contribution >= 0.6 is 0 Å². The molecule has 0 saturated heterocycles. The summed E-state index contributed by atoms with van der Waals surface area (Å²) >= 11 is 0. The molecule has 0 radical (unpaired) electrons. The average Bonchev–Trinajstić information content (AvgIpc) is 2.40. The third-order valence-electron chi connectivity index (χ3n) is 3.19. The van der Waals surface area contributed by atoms with Gasteiger partial charge in [0.25, 0.3) is 11.8 Å². The number of hydrogen-bond acceptors (Lipinski definition) is 4. The zero-order valence-electron chi connectivity index (χ0n) is 11.1. The molecular weight excluding hydrogens is 244 g/mol. The molecule has 0 atom stereocenters. The Morgan fingerprint density at radius 1 is 1.21 bits per heavy atom. The van der Waals surface area contributed by atoms with E-state index in [-0.39, 0.29) is 17.8 Å². The molecule has 0 aromatic carbocycles. The molecule has 0 aromatic rings. The Kier molecular flexibility index (Phi) is 5.46. The fourth-order valence-electron chi connectivity index (χ4n) is 1.93. The van der Waals surface area contributed by atoms with E-state index in [1.807, 2.05) is 6.07 Å². The van der Waals surface area contributed by atoms with E-state index in [2.05, 4.69) is 6.58 Å². The van der Waals surface area contributed by atoms with Crippen LogP contribution in [0.1, 0.15) is 32.6 Å². The molecule has 0 unspecified atom stereocenters. The van der Waals surface area contributed by atoms with Crippen LogP contribution in [0, 0.1) is 11.3 Å². The number of unbranched alkanes of at least 4 members (excludes halogenated alkanes) is 3. The van der Waals surface area contributed by atoms with Gasteiger partial charge in [0.05, 0.1) is 0 Å². The average molecular weight is 262 g/mol. The van der Waals surface area contributed by atoms with E-state index in [1.54, 1.807) is 6.92 Å². The first kappa shape index (κ1) is 15.1. The van der Waals surface area contributed by atoms with Crippen molar-refractivity contribution in [3.05, 3.63) is 23.3 Å². The van der Waals surface area contributed by atoms with Gasteiger partial charge in [0, 0.05) is 18.7 Å². The van der Waals surface area contributed by atoms with Crippen LogP contribution in [0.25, 0.3) is 0 Å². The van der Waals surface area contributed by atoms with Gasteiger partial charge in [-0.15, -0.1) is 0 Å². The second-order valence-electron chi connectivity index (χ2n) is 4.49. The Morgan fingerprint density at radius 2 is 1.84 bits per heavy atom. The molecule has 0 fully saturated rings. The van der Waals surface area contributed by atoms with Gasteiger partial charge < -0.3 is 5.11 Å². The molecule has 0 bridgehead atoms. The van der Waals surface area contributed by atoms with Crippen LogP contribution in [-0.4, -0.2) is 35.0 Å². The van der Waals surface area contributed by atoms with Crippen molar-refractivity contribution in [1.29, 1.82) is 5.26 Å². The predicted molar refractivity (Wildman–Crippen MR) is 69.7 cm³/mol. The fraction of sp³-hybridized carbons (Fsp3) is 0.500. The van der Waals surface area contributed by atoms with Crippen LogP contribution in [-0.2, 0) is 9.59 Å². The highest BCUT2D eigenvalue weighted by molar-refractivity contribution is 6.17. The predicted octanol–water partition coefficient (Wildman–Crippen LogP) is 1.30. The van der Waals surface area contributed by atoms with Crippen LogP contribution in [0.4, 0.5) is 0 Å². The Balaban J connectivity index is 2.70. The lowest BCUT2D eigenvalue weighted by atomic mass is 9.96. The molecule has 1 rings (SSSR count). The van der Waals surface area contributed by atoms with Crippen LogP contribution in [0.3, 0.4) is 0 Å². The molecule has 102 valence electrons. The smallest absolute Gasteiger partial charge is 0.271 e. The van der Waals surface area contributed by atoms with Crippen molar-refractivity contribution in [2.75, 3.05) is 13.2 Å².